The highest BCUT2D eigenvalue weighted by Gasteiger charge is 2.48. The minimum atomic E-state index is -0.534. The highest BCUT2D eigenvalue weighted by molar-refractivity contribution is 6.34. The molecule has 244 valence electrons. The lowest BCUT2D eigenvalue weighted by Gasteiger charge is -2.35. The minimum Gasteiger partial charge on any atom is -0.0622 e. The first kappa shape index (κ1) is 28.9. The van der Waals surface area contributed by atoms with Crippen LogP contribution in [0.15, 0.2) is 194 Å². The first-order chi connectivity index (χ1) is 26.3. The Kier molecular flexibility index (Phi) is 5.80. The van der Waals surface area contributed by atoms with Crippen LogP contribution in [0, 0.1) is 0 Å². The van der Waals surface area contributed by atoms with Crippen molar-refractivity contribution in [3.05, 3.63) is 216 Å². The van der Waals surface area contributed by atoms with Gasteiger partial charge in [0.25, 0.3) is 0 Å². The van der Waals surface area contributed by atoms with E-state index in [1.807, 2.05) is 0 Å². The van der Waals surface area contributed by atoms with Crippen molar-refractivity contribution in [2.45, 2.75) is 5.41 Å². The smallest absolute Gasteiger partial charge is 0.0622 e. The fourth-order valence-corrected chi connectivity index (χ4v) is 10.2. The normalized spacial score (nSPS) is 13.4. The van der Waals surface area contributed by atoms with E-state index in [2.05, 4.69) is 194 Å². The Hall–Kier alpha value is -6.76. The van der Waals surface area contributed by atoms with Crippen LogP contribution in [-0.2, 0) is 5.41 Å². The average Bonchev–Trinajstić information content (AvgIpc) is 3.55. The van der Waals surface area contributed by atoms with E-state index in [4.69, 9.17) is 0 Å². The zero-order chi connectivity index (χ0) is 34.7. The zero-order valence-corrected chi connectivity index (χ0v) is 29.0. The first-order valence-corrected chi connectivity index (χ1v) is 18.6. The van der Waals surface area contributed by atoms with Crippen molar-refractivity contribution in [2.75, 3.05) is 0 Å². The van der Waals surface area contributed by atoms with Gasteiger partial charge in [0.05, 0.1) is 5.41 Å². The van der Waals surface area contributed by atoms with Crippen molar-refractivity contribution in [2.24, 2.45) is 0 Å². The summed E-state index contributed by atoms with van der Waals surface area (Å²) >= 11 is 0. The van der Waals surface area contributed by atoms with Gasteiger partial charge in [0, 0.05) is 0 Å². The molecule has 0 saturated carbocycles. The molecule has 11 aromatic rings. The minimum absolute atomic E-state index is 0.534. The van der Waals surface area contributed by atoms with E-state index in [-0.39, 0.29) is 0 Å². The Morgan fingerprint density at radius 2 is 0.792 bits per heavy atom. The molecule has 0 saturated heterocycles. The lowest BCUT2D eigenvalue weighted by Crippen LogP contribution is -2.29. The molecule has 1 aliphatic rings. The second-order valence-corrected chi connectivity index (χ2v) is 14.7. The van der Waals surface area contributed by atoms with Gasteiger partial charge in [-0.2, -0.15) is 0 Å². The molecule has 0 amide bonds. The fourth-order valence-electron chi connectivity index (χ4n) is 10.2. The predicted octanol–water partition coefficient (Wildman–Crippen LogP) is 14.1. The van der Waals surface area contributed by atoms with Crippen LogP contribution in [-0.4, -0.2) is 0 Å². The summed E-state index contributed by atoms with van der Waals surface area (Å²) in [6.45, 7) is 0. The number of fused-ring (bicyclic) bond motifs is 10. The summed E-state index contributed by atoms with van der Waals surface area (Å²) in [6.07, 6.45) is 0. The van der Waals surface area contributed by atoms with Crippen LogP contribution >= 0.6 is 0 Å². The van der Waals surface area contributed by atoms with Gasteiger partial charge in [-0.1, -0.05) is 188 Å². The molecule has 0 N–H and O–H groups in total. The Morgan fingerprint density at radius 1 is 0.302 bits per heavy atom. The molecule has 0 heterocycles. The molecule has 12 rings (SSSR count). The molecule has 0 fully saturated rings. The van der Waals surface area contributed by atoms with Gasteiger partial charge in [0.1, 0.15) is 0 Å². The van der Waals surface area contributed by atoms with Crippen LogP contribution < -0.4 is 0 Å². The van der Waals surface area contributed by atoms with E-state index in [1.165, 1.54) is 109 Å². The molecule has 0 radical (unpaired) electrons. The summed E-state index contributed by atoms with van der Waals surface area (Å²) in [5, 5.41) is 15.8. The predicted molar refractivity (Wildman–Crippen MR) is 225 cm³/mol. The molecule has 1 aliphatic carbocycles. The average molecular weight is 669 g/mol. The molecule has 0 spiro atoms. The summed E-state index contributed by atoms with van der Waals surface area (Å²) in [7, 11) is 0. The fraction of sp³-hybridized carbons (Fsp3) is 0.0189. The summed E-state index contributed by atoms with van der Waals surface area (Å²) in [4.78, 5) is 0. The molecule has 0 nitrogen and oxygen atoms in total. The van der Waals surface area contributed by atoms with Gasteiger partial charge in [0.15, 0.2) is 0 Å². The third kappa shape index (κ3) is 3.70. The molecule has 0 aromatic heterocycles. The third-order valence-electron chi connectivity index (χ3n) is 12.3. The third-order valence-corrected chi connectivity index (χ3v) is 12.3. The molecular weight excluding hydrogens is 637 g/mol. The number of benzene rings is 11. The van der Waals surface area contributed by atoms with Crippen molar-refractivity contribution in [1.29, 1.82) is 0 Å². The van der Waals surface area contributed by atoms with E-state index in [1.54, 1.807) is 0 Å². The summed E-state index contributed by atoms with van der Waals surface area (Å²) in [6, 6.07) is 72.9. The quantitative estimate of drug-likeness (QED) is 0.130. The molecule has 11 aromatic carbocycles. The van der Waals surface area contributed by atoms with Crippen molar-refractivity contribution >= 4 is 64.6 Å². The van der Waals surface area contributed by atoms with Crippen LogP contribution in [0.4, 0.5) is 0 Å². The van der Waals surface area contributed by atoms with Gasteiger partial charge < -0.3 is 0 Å². The van der Waals surface area contributed by atoms with Crippen molar-refractivity contribution in [1.82, 2.24) is 0 Å². The molecule has 0 heteroatoms. The number of hydrogen-bond donors (Lipinski definition) is 0. The van der Waals surface area contributed by atoms with E-state index in [0.717, 1.165) is 0 Å². The maximum atomic E-state index is 2.53. The topological polar surface area (TPSA) is 0 Å². The van der Waals surface area contributed by atoms with Crippen LogP contribution in [0.1, 0.15) is 22.3 Å². The molecular formula is C53H32. The van der Waals surface area contributed by atoms with Gasteiger partial charge in [-0.25, -0.2) is 0 Å². The van der Waals surface area contributed by atoms with Crippen LogP contribution in [0.25, 0.3) is 86.9 Å². The SMILES string of the molecule is c1ccc(C2(c3ccccc3)c3cc(-c4ccc5c6cccc7cccc(c8cccc4c85)c76)ccc3-c3c2c2ccccc2c2ccccc32)cc1. The summed E-state index contributed by atoms with van der Waals surface area (Å²) < 4.78 is 0. The van der Waals surface area contributed by atoms with E-state index in [9.17, 15) is 0 Å². The Bertz CT molecular complexity index is 3170. The van der Waals surface area contributed by atoms with Crippen molar-refractivity contribution in [3.63, 3.8) is 0 Å². The van der Waals surface area contributed by atoms with Gasteiger partial charge in [-0.05, 0) is 115 Å². The Labute approximate surface area is 307 Å². The molecule has 0 atom stereocenters. The van der Waals surface area contributed by atoms with Gasteiger partial charge in [0.2, 0.25) is 0 Å². The monoisotopic (exact) mass is 668 g/mol. The van der Waals surface area contributed by atoms with Crippen molar-refractivity contribution < 1.29 is 0 Å². The summed E-state index contributed by atoms with van der Waals surface area (Å²) in [5.74, 6) is 0. The molecule has 53 heavy (non-hydrogen) atoms. The maximum absolute atomic E-state index is 2.53. The molecule has 0 bridgehead atoms. The standard InChI is InChI=1S/C53H32/c1-3-16-35(17-4-1)53(36-18-5-2-6-19-36)48-32-34(28-29-47(48)51-41-22-9-7-20-38(41)39-21-8-10-23-46(39)52(51)53)37-30-31-45-43-25-12-15-33-14-11-24-42(49(33)43)44-27-13-26-40(37)50(44)45/h1-32H. The molecule has 0 unspecified atom stereocenters. The number of rotatable bonds is 3. The second-order valence-electron chi connectivity index (χ2n) is 14.7. The van der Waals surface area contributed by atoms with Gasteiger partial charge in [-0.3, -0.25) is 0 Å². The molecule has 0 aliphatic heterocycles. The highest BCUT2D eigenvalue weighted by atomic mass is 14.5. The van der Waals surface area contributed by atoms with E-state index in [0.29, 0.717) is 0 Å². The lowest BCUT2D eigenvalue weighted by molar-refractivity contribution is 0.776. The largest absolute Gasteiger partial charge is 0.0720 e. The first-order valence-electron chi connectivity index (χ1n) is 18.6. The lowest BCUT2D eigenvalue weighted by atomic mass is 9.66. The van der Waals surface area contributed by atoms with Crippen LogP contribution in [0.3, 0.4) is 0 Å². The summed E-state index contributed by atoms with van der Waals surface area (Å²) in [5.41, 5.74) is 9.89. The number of hydrogen-bond acceptors (Lipinski definition) is 0. The van der Waals surface area contributed by atoms with E-state index >= 15 is 0 Å². The second kappa shape index (κ2) is 10.6. The highest BCUT2D eigenvalue weighted by Crippen LogP contribution is 2.61. The van der Waals surface area contributed by atoms with Crippen LogP contribution in [0.2, 0.25) is 0 Å². The van der Waals surface area contributed by atoms with Crippen LogP contribution in [0.5, 0.6) is 0 Å². The zero-order valence-electron chi connectivity index (χ0n) is 29.0. The Morgan fingerprint density at radius 3 is 1.47 bits per heavy atom. The maximum Gasteiger partial charge on any atom is 0.0720 e. The Balaban J connectivity index is 1.23. The van der Waals surface area contributed by atoms with E-state index < -0.39 is 5.41 Å². The van der Waals surface area contributed by atoms with Gasteiger partial charge >= 0.3 is 0 Å². The van der Waals surface area contributed by atoms with Crippen molar-refractivity contribution in [3.8, 4) is 22.3 Å². The van der Waals surface area contributed by atoms with Gasteiger partial charge in [-0.15, -0.1) is 0 Å².